The Morgan fingerprint density at radius 2 is 2.10 bits per heavy atom. The molecule has 2 rings (SSSR count). The zero-order chi connectivity index (χ0) is 15.6. The van der Waals surface area contributed by atoms with Crippen LogP contribution in [0.2, 0.25) is 5.02 Å². The Balaban J connectivity index is 2.32. The van der Waals surface area contributed by atoms with Gasteiger partial charge in [-0.1, -0.05) is 24.9 Å². The molecule has 1 heterocycles. The third-order valence-corrected chi connectivity index (χ3v) is 6.42. The molecule has 2 N–H and O–H groups in total. The van der Waals surface area contributed by atoms with Crippen molar-refractivity contribution in [1.82, 2.24) is 4.31 Å². The Labute approximate surface area is 130 Å². The molecule has 1 aliphatic rings. The van der Waals surface area contributed by atoms with Gasteiger partial charge in [0, 0.05) is 13.1 Å². The van der Waals surface area contributed by atoms with Crippen molar-refractivity contribution in [3.63, 3.8) is 0 Å². The molecule has 1 aromatic carbocycles. The lowest BCUT2D eigenvalue weighted by molar-refractivity contribution is 0.407. The summed E-state index contributed by atoms with van der Waals surface area (Å²) in [5, 5.41) is -0.127. The summed E-state index contributed by atoms with van der Waals surface area (Å²) in [6.45, 7) is 3.05. The Morgan fingerprint density at radius 3 is 2.76 bits per heavy atom. The van der Waals surface area contributed by atoms with E-state index in [2.05, 4.69) is 6.92 Å². The predicted molar refractivity (Wildman–Crippen MR) is 82.2 cm³/mol. The minimum atomic E-state index is -3.73. The summed E-state index contributed by atoms with van der Waals surface area (Å²) >= 11 is 5.90. The van der Waals surface area contributed by atoms with Crippen molar-refractivity contribution in [3.8, 4) is 0 Å². The van der Waals surface area contributed by atoms with E-state index in [4.69, 9.17) is 17.3 Å². The second kappa shape index (κ2) is 6.50. The standard InChI is InChI=1S/C14H20ClFN2O2S/c1-2-10-4-3-6-18(7-5-10)21(19,20)14-9-13(17)12(16)8-11(14)15/h8-10H,2-7,17H2,1H3. The smallest absolute Gasteiger partial charge is 0.244 e. The van der Waals surface area contributed by atoms with Gasteiger partial charge in [-0.25, -0.2) is 12.8 Å². The van der Waals surface area contributed by atoms with E-state index in [-0.39, 0.29) is 15.6 Å². The van der Waals surface area contributed by atoms with Gasteiger partial charge in [-0.2, -0.15) is 4.31 Å². The molecular formula is C14H20ClFN2O2S. The number of halogens is 2. The van der Waals surface area contributed by atoms with E-state index >= 15 is 0 Å². The fourth-order valence-corrected chi connectivity index (χ4v) is 4.69. The highest BCUT2D eigenvalue weighted by Crippen LogP contribution is 2.31. The molecule has 0 amide bonds. The first-order chi connectivity index (χ1) is 9.86. The van der Waals surface area contributed by atoms with E-state index in [1.54, 1.807) is 0 Å². The number of anilines is 1. The second-order valence-electron chi connectivity index (χ2n) is 5.41. The third kappa shape index (κ3) is 3.49. The lowest BCUT2D eigenvalue weighted by atomic mass is 9.98. The number of nitrogens with zero attached hydrogens (tertiary/aromatic N) is 1. The first kappa shape index (κ1) is 16.5. The molecule has 1 fully saturated rings. The van der Waals surface area contributed by atoms with E-state index in [0.717, 1.165) is 37.8 Å². The van der Waals surface area contributed by atoms with Crippen molar-refractivity contribution < 1.29 is 12.8 Å². The monoisotopic (exact) mass is 334 g/mol. The van der Waals surface area contributed by atoms with Gasteiger partial charge in [0.2, 0.25) is 10.0 Å². The summed E-state index contributed by atoms with van der Waals surface area (Å²) in [6.07, 6.45) is 3.75. The van der Waals surface area contributed by atoms with Crippen LogP contribution in [0.25, 0.3) is 0 Å². The molecule has 1 unspecified atom stereocenters. The topological polar surface area (TPSA) is 63.4 Å². The van der Waals surface area contributed by atoms with Gasteiger partial charge in [0.1, 0.15) is 10.7 Å². The maximum Gasteiger partial charge on any atom is 0.244 e. The van der Waals surface area contributed by atoms with Crippen LogP contribution < -0.4 is 5.73 Å². The van der Waals surface area contributed by atoms with E-state index < -0.39 is 15.8 Å². The van der Waals surface area contributed by atoms with E-state index in [0.29, 0.717) is 19.0 Å². The molecule has 1 aromatic rings. The number of hydrogen-bond donors (Lipinski definition) is 1. The molecule has 0 aliphatic carbocycles. The van der Waals surface area contributed by atoms with Gasteiger partial charge >= 0.3 is 0 Å². The molecule has 1 aliphatic heterocycles. The fraction of sp³-hybridized carbons (Fsp3) is 0.571. The number of hydrogen-bond acceptors (Lipinski definition) is 3. The van der Waals surface area contributed by atoms with Crippen LogP contribution in [0.15, 0.2) is 17.0 Å². The maximum atomic E-state index is 13.3. The highest BCUT2D eigenvalue weighted by Gasteiger charge is 2.29. The van der Waals surface area contributed by atoms with Crippen molar-refractivity contribution in [2.75, 3.05) is 18.8 Å². The van der Waals surface area contributed by atoms with Gasteiger partial charge in [-0.3, -0.25) is 0 Å². The molecule has 21 heavy (non-hydrogen) atoms. The average molecular weight is 335 g/mol. The molecule has 7 heteroatoms. The number of benzene rings is 1. The highest BCUT2D eigenvalue weighted by molar-refractivity contribution is 7.89. The predicted octanol–water partition coefficient (Wildman–Crippen LogP) is 3.26. The summed E-state index contributed by atoms with van der Waals surface area (Å²) in [6, 6.07) is 2.06. The summed E-state index contributed by atoms with van der Waals surface area (Å²) in [5.41, 5.74) is 5.26. The molecule has 0 spiro atoms. The number of rotatable bonds is 3. The molecular weight excluding hydrogens is 315 g/mol. The van der Waals surface area contributed by atoms with Crippen LogP contribution in [-0.2, 0) is 10.0 Å². The van der Waals surface area contributed by atoms with Gasteiger partial charge in [-0.05, 0) is 37.3 Å². The Bertz CT molecular complexity index is 622. The van der Waals surface area contributed by atoms with E-state index in [1.165, 1.54) is 4.31 Å². The normalized spacial score (nSPS) is 21.2. The third-order valence-electron chi connectivity index (χ3n) is 4.05. The van der Waals surface area contributed by atoms with Crippen LogP contribution >= 0.6 is 11.6 Å². The van der Waals surface area contributed by atoms with E-state index in [1.807, 2.05) is 0 Å². The van der Waals surface area contributed by atoms with Crippen molar-refractivity contribution in [2.45, 2.75) is 37.5 Å². The van der Waals surface area contributed by atoms with Gasteiger partial charge in [0.25, 0.3) is 0 Å². The Morgan fingerprint density at radius 1 is 1.38 bits per heavy atom. The van der Waals surface area contributed by atoms with Gasteiger partial charge in [0.15, 0.2) is 0 Å². The van der Waals surface area contributed by atoms with Crippen LogP contribution in [-0.4, -0.2) is 25.8 Å². The van der Waals surface area contributed by atoms with Crippen molar-refractivity contribution in [2.24, 2.45) is 5.92 Å². The highest BCUT2D eigenvalue weighted by atomic mass is 35.5. The fourth-order valence-electron chi connectivity index (χ4n) is 2.67. The van der Waals surface area contributed by atoms with Crippen LogP contribution in [0.3, 0.4) is 0 Å². The van der Waals surface area contributed by atoms with Crippen LogP contribution in [0.1, 0.15) is 32.6 Å². The molecule has 0 saturated carbocycles. The zero-order valence-corrected chi connectivity index (χ0v) is 13.6. The molecule has 118 valence electrons. The molecule has 1 atom stereocenters. The summed E-state index contributed by atoms with van der Waals surface area (Å²) in [7, 11) is -3.73. The first-order valence-corrected chi connectivity index (χ1v) is 8.92. The molecule has 0 aromatic heterocycles. The zero-order valence-electron chi connectivity index (χ0n) is 12.0. The second-order valence-corrected chi connectivity index (χ2v) is 7.73. The lowest BCUT2D eigenvalue weighted by Crippen LogP contribution is -2.32. The van der Waals surface area contributed by atoms with Crippen LogP contribution in [0.5, 0.6) is 0 Å². The first-order valence-electron chi connectivity index (χ1n) is 7.11. The maximum absolute atomic E-state index is 13.3. The number of sulfonamides is 1. The molecule has 4 nitrogen and oxygen atoms in total. The summed E-state index contributed by atoms with van der Waals surface area (Å²) in [5.74, 6) is -0.153. The van der Waals surface area contributed by atoms with E-state index in [9.17, 15) is 12.8 Å². The van der Waals surface area contributed by atoms with Crippen LogP contribution in [0.4, 0.5) is 10.1 Å². The summed E-state index contributed by atoms with van der Waals surface area (Å²) in [4.78, 5) is -0.113. The van der Waals surface area contributed by atoms with Crippen molar-refractivity contribution in [1.29, 1.82) is 0 Å². The Kier molecular flexibility index (Phi) is 5.11. The minimum Gasteiger partial charge on any atom is -0.396 e. The molecule has 0 radical (unpaired) electrons. The van der Waals surface area contributed by atoms with Gasteiger partial charge < -0.3 is 5.73 Å². The number of nitrogens with two attached hydrogens (primary N) is 1. The molecule has 1 saturated heterocycles. The molecule has 0 bridgehead atoms. The van der Waals surface area contributed by atoms with Crippen LogP contribution in [0, 0.1) is 11.7 Å². The van der Waals surface area contributed by atoms with Crippen molar-refractivity contribution >= 4 is 27.3 Å². The largest absolute Gasteiger partial charge is 0.396 e. The van der Waals surface area contributed by atoms with Gasteiger partial charge in [0.05, 0.1) is 10.7 Å². The minimum absolute atomic E-state index is 0.113. The van der Waals surface area contributed by atoms with Crippen molar-refractivity contribution in [3.05, 3.63) is 23.0 Å². The lowest BCUT2D eigenvalue weighted by Gasteiger charge is -2.21. The SMILES string of the molecule is CCC1CCCN(S(=O)(=O)c2cc(N)c(F)cc2Cl)CC1. The number of nitrogen functional groups attached to an aromatic ring is 1. The summed E-state index contributed by atoms with van der Waals surface area (Å²) < 4.78 is 40.1. The quantitative estimate of drug-likeness (QED) is 0.863. The Hall–Kier alpha value is -0.850. The van der Waals surface area contributed by atoms with Gasteiger partial charge in [-0.15, -0.1) is 0 Å². The average Bonchev–Trinajstić information content (AvgIpc) is 2.68.